The lowest BCUT2D eigenvalue weighted by molar-refractivity contribution is -0.116. The van der Waals surface area contributed by atoms with Crippen LogP contribution in [0.25, 0.3) is 44.3 Å². The lowest BCUT2D eigenvalue weighted by atomic mass is 10.1. The van der Waals surface area contributed by atoms with E-state index in [4.69, 9.17) is 21.6 Å². The monoisotopic (exact) mass is 1110 g/mol. The number of aromatic nitrogens is 6. The van der Waals surface area contributed by atoms with E-state index >= 15 is 0 Å². The molecule has 9 N–H and O–H groups in total. The highest BCUT2D eigenvalue weighted by Crippen LogP contribution is 2.34. The number of carbonyl (C=O) groups excluding carboxylic acids is 3. The molecule has 0 bridgehead atoms. The number of benzene rings is 6. The number of fused-ring (bicyclic) bond motifs is 2. The van der Waals surface area contributed by atoms with Crippen molar-refractivity contribution in [3.05, 3.63) is 222 Å². The molecule has 82 heavy (non-hydrogen) atoms. The van der Waals surface area contributed by atoms with Gasteiger partial charge in [-0.3, -0.25) is 19.3 Å². The summed E-state index contributed by atoms with van der Waals surface area (Å²) in [5, 5.41) is 31.0. The predicted octanol–water partition coefficient (Wildman–Crippen LogP) is 11.4. The summed E-state index contributed by atoms with van der Waals surface area (Å²) < 4.78 is 0. The lowest BCUT2D eigenvalue weighted by Crippen LogP contribution is -2.22. The van der Waals surface area contributed by atoms with Gasteiger partial charge >= 0.3 is 0 Å². The molecule has 0 radical (unpaired) electrons. The molecule has 10 rings (SSSR count). The smallest absolute Gasteiger partial charge is 0.255 e. The fourth-order valence-corrected chi connectivity index (χ4v) is 9.22. The lowest BCUT2D eigenvalue weighted by Gasteiger charge is -2.14. The molecule has 0 saturated heterocycles. The van der Waals surface area contributed by atoms with E-state index in [1.165, 1.54) is 6.08 Å². The first-order chi connectivity index (χ1) is 39.8. The minimum absolute atomic E-state index is 0.224. The molecule has 4 aromatic heterocycles. The van der Waals surface area contributed by atoms with Gasteiger partial charge in [-0.1, -0.05) is 78.4 Å². The van der Waals surface area contributed by atoms with Crippen LogP contribution in [-0.2, 0) is 17.9 Å². The van der Waals surface area contributed by atoms with Crippen LogP contribution >= 0.6 is 11.6 Å². The van der Waals surface area contributed by atoms with Crippen molar-refractivity contribution in [2.45, 2.75) is 19.3 Å². The summed E-state index contributed by atoms with van der Waals surface area (Å²) in [6, 6.07) is 44.6. The van der Waals surface area contributed by atoms with E-state index in [-0.39, 0.29) is 17.7 Å². The molecule has 0 saturated carbocycles. The van der Waals surface area contributed by atoms with Gasteiger partial charge in [0, 0.05) is 123 Å². The zero-order valence-corrected chi connectivity index (χ0v) is 45.9. The summed E-state index contributed by atoms with van der Waals surface area (Å²) in [5.74, 6) is -0.0354. The van der Waals surface area contributed by atoms with Crippen LogP contribution in [0, 0.1) is 0 Å². The molecular formula is C63H59ClN14O4. The second kappa shape index (κ2) is 25.9. The van der Waals surface area contributed by atoms with Gasteiger partial charge in [-0.25, -0.2) is 19.9 Å². The van der Waals surface area contributed by atoms with Crippen LogP contribution in [0.4, 0.5) is 40.3 Å². The van der Waals surface area contributed by atoms with Crippen molar-refractivity contribution >= 4 is 91.5 Å². The number of halogens is 1. The highest BCUT2D eigenvalue weighted by Gasteiger charge is 2.16. The van der Waals surface area contributed by atoms with E-state index in [0.717, 1.165) is 49.8 Å². The number of para-hydroxylation sites is 1. The van der Waals surface area contributed by atoms with Crippen molar-refractivity contribution in [3.8, 4) is 22.5 Å². The largest absolute Gasteiger partial charge is 0.370 e. The van der Waals surface area contributed by atoms with Crippen LogP contribution in [-0.4, -0.2) is 103 Å². The standard InChI is InChI=1S/C63H59ClN14O4/c1-77(2)30-8-17-58(80)70-44-25-23-43(24-26-44)61(82)72-45-10-6-12-47(33-45)73-62-65-29-28-55(75-62)51-36-67-56-32-41(20-27-50(51)56)39-78(3)31-9-16-57(79)68-35-40-18-21-42(22-19-40)60(81)71-46-11-7-13-48(34-46)74-63-69-38-53(64)59(76-63)52-37-66-54-15-5-4-14-49(52)54/h4-29,32-34,36-38,58,66-67,70,80H,30-31,35,39H2,1-3H3,(H,68,79)(H,71,81)(H,72,82)(H,65,73,75)(H,69,74,76). The van der Waals surface area contributed by atoms with Gasteiger partial charge in [-0.15, -0.1) is 0 Å². The molecule has 0 spiro atoms. The predicted molar refractivity (Wildman–Crippen MR) is 327 cm³/mol. The van der Waals surface area contributed by atoms with E-state index in [0.29, 0.717) is 88.4 Å². The normalized spacial score (nSPS) is 11.9. The second-order valence-corrected chi connectivity index (χ2v) is 20.1. The number of H-pyrrole nitrogens is 2. The van der Waals surface area contributed by atoms with Gasteiger partial charge in [-0.05, 0) is 129 Å². The van der Waals surface area contributed by atoms with Crippen LogP contribution in [0.2, 0.25) is 5.02 Å². The molecule has 0 aliphatic rings. The number of aromatic amines is 2. The number of amides is 3. The van der Waals surface area contributed by atoms with Crippen molar-refractivity contribution in [1.29, 1.82) is 0 Å². The molecule has 0 aliphatic heterocycles. The number of nitrogens with zero attached hydrogens (tertiary/aromatic N) is 6. The van der Waals surface area contributed by atoms with Crippen LogP contribution in [0.15, 0.2) is 195 Å². The number of aliphatic hydroxyl groups is 1. The Balaban J connectivity index is 0.660. The number of likely N-dealkylation sites (N-methyl/N-ethyl adjacent to an activating group) is 2. The maximum atomic E-state index is 13.3. The van der Waals surface area contributed by atoms with Gasteiger partial charge in [0.05, 0.1) is 22.6 Å². The van der Waals surface area contributed by atoms with Crippen molar-refractivity contribution in [2.24, 2.45) is 0 Å². The molecule has 10 aromatic rings. The molecule has 4 heterocycles. The molecule has 18 nitrogen and oxygen atoms in total. The quantitative estimate of drug-likeness (QED) is 0.0175. The molecular weight excluding hydrogens is 1050 g/mol. The number of hydrogen-bond donors (Lipinski definition) is 9. The number of hydrogen-bond acceptors (Lipinski definition) is 13. The summed E-state index contributed by atoms with van der Waals surface area (Å²) >= 11 is 6.54. The van der Waals surface area contributed by atoms with Gasteiger partial charge in [0.25, 0.3) is 11.8 Å². The van der Waals surface area contributed by atoms with E-state index in [2.05, 4.69) is 74.9 Å². The Bertz CT molecular complexity index is 3950. The summed E-state index contributed by atoms with van der Waals surface area (Å²) in [5.41, 5.74) is 11.1. The highest BCUT2D eigenvalue weighted by atomic mass is 35.5. The molecule has 0 aliphatic carbocycles. The first kappa shape index (κ1) is 55.3. The van der Waals surface area contributed by atoms with E-state index < -0.39 is 6.23 Å². The molecule has 0 fully saturated rings. The minimum atomic E-state index is -0.853. The van der Waals surface area contributed by atoms with Crippen molar-refractivity contribution < 1.29 is 19.5 Å². The molecule has 412 valence electrons. The topological polar surface area (TPSA) is 233 Å². The Labute approximate surface area is 478 Å². The minimum Gasteiger partial charge on any atom is -0.370 e. The molecule has 1 unspecified atom stereocenters. The van der Waals surface area contributed by atoms with Crippen LogP contribution in [0.3, 0.4) is 0 Å². The third kappa shape index (κ3) is 14.4. The van der Waals surface area contributed by atoms with Gasteiger partial charge < -0.3 is 51.9 Å². The average molecular weight is 1110 g/mol. The zero-order chi connectivity index (χ0) is 57.0. The van der Waals surface area contributed by atoms with E-state index in [1.54, 1.807) is 73.1 Å². The summed E-state index contributed by atoms with van der Waals surface area (Å²) in [7, 11) is 5.90. The number of nitrogens with one attached hydrogen (secondary N) is 8. The Morgan fingerprint density at radius 1 is 0.634 bits per heavy atom. The molecule has 3 amide bonds. The van der Waals surface area contributed by atoms with Crippen molar-refractivity contribution in [3.63, 3.8) is 0 Å². The van der Waals surface area contributed by atoms with E-state index in [9.17, 15) is 19.5 Å². The van der Waals surface area contributed by atoms with E-state index in [1.807, 2.05) is 123 Å². The Morgan fingerprint density at radius 3 is 1.99 bits per heavy atom. The first-order valence-electron chi connectivity index (χ1n) is 26.3. The number of rotatable bonds is 22. The van der Waals surface area contributed by atoms with Crippen LogP contribution in [0.1, 0.15) is 31.8 Å². The Hall–Kier alpha value is -9.98. The fourth-order valence-electron chi connectivity index (χ4n) is 9.03. The highest BCUT2D eigenvalue weighted by molar-refractivity contribution is 6.33. The van der Waals surface area contributed by atoms with Gasteiger partial charge in [0.15, 0.2) is 0 Å². The van der Waals surface area contributed by atoms with Gasteiger partial charge in [0.1, 0.15) is 6.23 Å². The second-order valence-electron chi connectivity index (χ2n) is 19.7. The van der Waals surface area contributed by atoms with Crippen molar-refractivity contribution in [1.82, 2.24) is 45.0 Å². The van der Waals surface area contributed by atoms with Gasteiger partial charge in [-0.2, -0.15) is 0 Å². The molecule has 1 atom stereocenters. The maximum absolute atomic E-state index is 13.3. The first-order valence-corrected chi connectivity index (χ1v) is 26.7. The average Bonchev–Trinajstić information content (AvgIpc) is 4.23. The Morgan fingerprint density at radius 2 is 1.27 bits per heavy atom. The third-order valence-corrected chi connectivity index (χ3v) is 13.4. The summed E-state index contributed by atoms with van der Waals surface area (Å²) in [4.78, 5) is 68.3. The fraction of sp³-hybridized carbons (Fsp3) is 0.127. The Kier molecular flexibility index (Phi) is 17.5. The summed E-state index contributed by atoms with van der Waals surface area (Å²) in [6.07, 6.45) is 13.1. The van der Waals surface area contributed by atoms with Gasteiger partial charge in [0.2, 0.25) is 17.8 Å². The summed E-state index contributed by atoms with van der Waals surface area (Å²) in [6.45, 7) is 2.20. The number of carbonyl (C=O) groups is 3. The van der Waals surface area contributed by atoms with Crippen molar-refractivity contribution in [2.75, 3.05) is 60.8 Å². The molecule has 6 aromatic carbocycles. The van der Waals surface area contributed by atoms with Crippen LogP contribution in [0.5, 0.6) is 0 Å². The van der Waals surface area contributed by atoms with Crippen LogP contribution < -0.4 is 31.9 Å². The maximum Gasteiger partial charge on any atom is 0.255 e. The zero-order valence-electron chi connectivity index (χ0n) is 45.1. The molecule has 19 heteroatoms. The number of aliphatic hydroxyl groups excluding tert-OH is 1. The SMILES string of the molecule is CN(C)CC=CC(O)Nc1ccc(C(=O)Nc2cccc(Nc3nccc(-c4c[nH]c5cc(CN(C)CC=CC(=O)NCc6ccc(C(=O)Nc7cccc(Nc8ncc(Cl)c(-c9c[nH]c%10ccccc9%10)n8)c7)cc6)ccc45)n3)c2)cc1. The third-order valence-electron chi connectivity index (χ3n) is 13.1. The number of anilines is 7.